The van der Waals surface area contributed by atoms with Gasteiger partial charge in [-0.3, -0.25) is 10.2 Å². The van der Waals surface area contributed by atoms with E-state index in [1.807, 2.05) is 17.5 Å². The number of amides is 3. The predicted octanol–water partition coefficient (Wildman–Crippen LogP) is 0.591. The fraction of sp³-hybridized carbons (Fsp3) is 0.364. The van der Waals surface area contributed by atoms with Gasteiger partial charge in [0.2, 0.25) is 6.10 Å². The number of hydrazine groups is 1. The van der Waals surface area contributed by atoms with Crippen LogP contribution in [0, 0.1) is 0 Å². The number of carbonyl (C=O) groups excluding carboxylic acids is 2. The van der Waals surface area contributed by atoms with E-state index in [0.29, 0.717) is 13.0 Å². The third-order valence-electron chi connectivity index (χ3n) is 2.40. The highest BCUT2D eigenvalue weighted by atomic mass is 32.1. The Kier molecular flexibility index (Phi) is 4.35. The van der Waals surface area contributed by atoms with Crippen molar-refractivity contribution in [1.82, 2.24) is 16.2 Å². The Bertz CT molecular complexity index is 486. The Morgan fingerprint density at radius 2 is 2.37 bits per heavy atom. The summed E-state index contributed by atoms with van der Waals surface area (Å²) in [5, 5.41) is 8.30. The summed E-state index contributed by atoms with van der Waals surface area (Å²) >= 11 is 1.54. The zero-order valence-electron chi connectivity index (χ0n) is 10.3. The van der Waals surface area contributed by atoms with Gasteiger partial charge in [-0.05, 0) is 18.4 Å². The SMILES string of the molecule is CCNC(=O)NNC(=O)[C@@H]1CC(c2cccs2)=NO1. The Morgan fingerprint density at radius 3 is 3.05 bits per heavy atom. The molecule has 3 N–H and O–H groups in total. The summed E-state index contributed by atoms with van der Waals surface area (Å²) in [5.74, 6) is -0.429. The molecule has 1 atom stereocenters. The number of nitrogens with one attached hydrogen (secondary N) is 3. The van der Waals surface area contributed by atoms with E-state index in [1.54, 1.807) is 6.92 Å². The van der Waals surface area contributed by atoms with Gasteiger partial charge in [0, 0.05) is 13.0 Å². The van der Waals surface area contributed by atoms with Crippen LogP contribution < -0.4 is 16.2 Å². The number of thiophene rings is 1. The number of hydrogen-bond donors (Lipinski definition) is 3. The molecule has 2 rings (SSSR count). The molecule has 1 aliphatic heterocycles. The molecule has 0 aromatic carbocycles. The largest absolute Gasteiger partial charge is 0.382 e. The summed E-state index contributed by atoms with van der Waals surface area (Å²) in [4.78, 5) is 28.9. The molecule has 1 aliphatic rings. The standard InChI is InChI=1S/C11H14N4O3S/c1-2-12-11(17)14-13-10(16)8-6-7(15-18-8)9-4-3-5-19-9/h3-5,8H,2,6H2,1H3,(H,13,16)(H2,12,14,17)/t8-/m0/s1. The molecule has 19 heavy (non-hydrogen) atoms. The summed E-state index contributed by atoms with van der Waals surface area (Å²) < 4.78 is 0. The topological polar surface area (TPSA) is 91.8 Å². The second-order valence-corrected chi connectivity index (χ2v) is 4.73. The lowest BCUT2D eigenvalue weighted by Crippen LogP contribution is -2.50. The third-order valence-corrected chi connectivity index (χ3v) is 3.32. The minimum absolute atomic E-state index is 0.392. The summed E-state index contributed by atoms with van der Waals surface area (Å²) in [5.41, 5.74) is 5.25. The molecule has 0 bridgehead atoms. The molecule has 0 unspecified atom stereocenters. The van der Waals surface area contributed by atoms with Gasteiger partial charge >= 0.3 is 6.03 Å². The quantitative estimate of drug-likeness (QED) is 0.709. The van der Waals surface area contributed by atoms with Crippen LogP contribution in [0.5, 0.6) is 0 Å². The molecular formula is C11H14N4O3S. The van der Waals surface area contributed by atoms with Crippen molar-refractivity contribution in [1.29, 1.82) is 0 Å². The molecular weight excluding hydrogens is 268 g/mol. The third kappa shape index (κ3) is 3.44. The van der Waals surface area contributed by atoms with Crippen LogP contribution in [0.25, 0.3) is 0 Å². The van der Waals surface area contributed by atoms with Crippen molar-refractivity contribution in [3.63, 3.8) is 0 Å². The van der Waals surface area contributed by atoms with E-state index in [9.17, 15) is 9.59 Å². The second-order valence-electron chi connectivity index (χ2n) is 3.79. The molecule has 1 aromatic rings. The lowest BCUT2D eigenvalue weighted by atomic mass is 10.1. The van der Waals surface area contributed by atoms with E-state index in [-0.39, 0.29) is 0 Å². The molecule has 0 saturated heterocycles. The molecule has 102 valence electrons. The zero-order chi connectivity index (χ0) is 13.7. The van der Waals surface area contributed by atoms with Crippen molar-refractivity contribution >= 4 is 29.0 Å². The molecule has 7 nitrogen and oxygen atoms in total. The molecule has 0 aliphatic carbocycles. The smallest absolute Gasteiger partial charge is 0.333 e. The summed E-state index contributed by atoms with van der Waals surface area (Å²) in [6, 6.07) is 3.36. The van der Waals surface area contributed by atoms with Crippen LogP contribution in [0.1, 0.15) is 18.2 Å². The average Bonchev–Trinajstić information content (AvgIpc) is 3.06. The van der Waals surface area contributed by atoms with E-state index < -0.39 is 18.0 Å². The number of nitrogens with zero attached hydrogens (tertiary/aromatic N) is 1. The van der Waals surface area contributed by atoms with Gasteiger partial charge in [-0.2, -0.15) is 0 Å². The van der Waals surface area contributed by atoms with Crippen LogP contribution in [0.2, 0.25) is 0 Å². The number of rotatable bonds is 3. The number of hydrogen-bond acceptors (Lipinski definition) is 5. The molecule has 0 spiro atoms. The van der Waals surface area contributed by atoms with Crippen molar-refractivity contribution in [2.45, 2.75) is 19.4 Å². The van der Waals surface area contributed by atoms with Gasteiger partial charge in [0.1, 0.15) is 5.71 Å². The highest BCUT2D eigenvalue weighted by Crippen LogP contribution is 2.20. The first kappa shape index (κ1) is 13.3. The van der Waals surface area contributed by atoms with Gasteiger partial charge in [-0.25, -0.2) is 10.2 Å². The average molecular weight is 282 g/mol. The highest BCUT2D eigenvalue weighted by molar-refractivity contribution is 7.12. The normalized spacial score (nSPS) is 17.3. The second kappa shape index (κ2) is 6.19. The number of oxime groups is 1. The number of urea groups is 1. The lowest BCUT2D eigenvalue weighted by Gasteiger charge is -2.10. The van der Waals surface area contributed by atoms with Gasteiger partial charge in [0.25, 0.3) is 5.91 Å². The van der Waals surface area contributed by atoms with Crippen LogP contribution >= 0.6 is 11.3 Å². The van der Waals surface area contributed by atoms with E-state index in [2.05, 4.69) is 21.3 Å². The molecule has 1 aromatic heterocycles. The van der Waals surface area contributed by atoms with E-state index in [0.717, 1.165) is 10.6 Å². The first-order valence-corrected chi connectivity index (χ1v) is 6.69. The van der Waals surface area contributed by atoms with Gasteiger partial charge in [-0.1, -0.05) is 11.2 Å². The molecule has 2 heterocycles. The monoisotopic (exact) mass is 282 g/mol. The maximum atomic E-state index is 11.7. The zero-order valence-corrected chi connectivity index (χ0v) is 11.1. The van der Waals surface area contributed by atoms with Gasteiger partial charge in [0.05, 0.1) is 4.88 Å². The van der Waals surface area contributed by atoms with E-state index in [1.165, 1.54) is 11.3 Å². The van der Waals surface area contributed by atoms with Gasteiger partial charge in [-0.15, -0.1) is 11.3 Å². The highest BCUT2D eigenvalue weighted by Gasteiger charge is 2.29. The molecule has 0 fully saturated rings. The fourth-order valence-corrected chi connectivity index (χ4v) is 2.23. The minimum Gasteiger partial charge on any atom is -0.382 e. The predicted molar refractivity (Wildman–Crippen MR) is 70.7 cm³/mol. The molecule has 0 saturated carbocycles. The van der Waals surface area contributed by atoms with Crippen LogP contribution in [-0.4, -0.2) is 30.3 Å². The Morgan fingerprint density at radius 1 is 1.53 bits per heavy atom. The van der Waals surface area contributed by atoms with E-state index in [4.69, 9.17) is 4.84 Å². The minimum atomic E-state index is -0.709. The van der Waals surface area contributed by atoms with Crippen LogP contribution in [0.4, 0.5) is 4.79 Å². The van der Waals surface area contributed by atoms with Crippen molar-refractivity contribution in [2.24, 2.45) is 5.16 Å². The van der Waals surface area contributed by atoms with E-state index >= 15 is 0 Å². The van der Waals surface area contributed by atoms with Gasteiger partial charge < -0.3 is 10.2 Å². The molecule has 3 amide bonds. The van der Waals surface area contributed by atoms with Crippen molar-refractivity contribution in [3.8, 4) is 0 Å². The van der Waals surface area contributed by atoms with Crippen LogP contribution in [0.3, 0.4) is 0 Å². The molecule has 8 heteroatoms. The summed E-state index contributed by atoms with van der Waals surface area (Å²) in [6.45, 7) is 2.26. The first-order chi connectivity index (χ1) is 9.20. The molecule has 0 radical (unpaired) electrons. The van der Waals surface area contributed by atoms with Crippen molar-refractivity contribution < 1.29 is 14.4 Å². The lowest BCUT2D eigenvalue weighted by molar-refractivity contribution is -0.131. The maximum Gasteiger partial charge on any atom is 0.333 e. The Balaban J connectivity index is 1.79. The number of carbonyl (C=O) groups is 2. The fourth-order valence-electron chi connectivity index (χ4n) is 1.51. The van der Waals surface area contributed by atoms with Crippen LogP contribution in [0.15, 0.2) is 22.7 Å². The first-order valence-electron chi connectivity index (χ1n) is 5.81. The van der Waals surface area contributed by atoms with Gasteiger partial charge in [0.15, 0.2) is 0 Å². The van der Waals surface area contributed by atoms with Crippen molar-refractivity contribution in [3.05, 3.63) is 22.4 Å². The van der Waals surface area contributed by atoms with Crippen LogP contribution in [-0.2, 0) is 9.63 Å². The Hall–Kier alpha value is -2.09. The maximum absolute atomic E-state index is 11.7. The summed E-state index contributed by atoms with van der Waals surface area (Å²) in [7, 11) is 0. The summed E-state index contributed by atoms with van der Waals surface area (Å²) in [6.07, 6.45) is -0.317. The van der Waals surface area contributed by atoms with Crippen molar-refractivity contribution in [2.75, 3.05) is 6.54 Å². The Labute approximate surface area is 114 Å².